The smallest absolute Gasteiger partial charge is 0.0762 e. The fourth-order valence-electron chi connectivity index (χ4n) is 2.57. The molecule has 1 heterocycles. The van der Waals surface area contributed by atoms with Crippen molar-refractivity contribution in [2.24, 2.45) is 0 Å². The zero-order valence-corrected chi connectivity index (χ0v) is 12.6. The Bertz CT molecular complexity index is 399. The Morgan fingerprint density at radius 1 is 1.42 bits per heavy atom. The third-order valence-corrected chi connectivity index (χ3v) is 5.05. The predicted octanol–water partition coefficient (Wildman–Crippen LogP) is 2.25. The number of hydrogen-bond acceptors (Lipinski definition) is 3. The van der Waals surface area contributed by atoms with Crippen LogP contribution in [0.15, 0.2) is 12.3 Å². The van der Waals surface area contributed by atoms with Crippen LogP contribution in [0.1, 0.15) is 50.8 Å². The van der Waals surface area contributed by atoms with Crippen LogP contribution in [0, 0.1) is 0 Å². The van der Waals surface area contributed by atoms with E-state index in [1.807, 2.05) is 6.92 Å². The Balaban J connectivity index is 1.72. The second-order valence-corrected chi connectivity index (χ2v) is 7.05. The summed E-state index contributed by atoms with van der Waals surface area (Å²) in [7, 11) is -0.672. The van der Waals surface area contributed by atoms with E-state index in [1.54, 1.807) is 0 Å². The van der Waals surface area contributed by atoms with Gasteiger partial charge in [-0.2, -0.15) is 5.10 Å². The van der Waals surface area contributed by atoms with Gasteiger partial charge in [0.25, 0.3) is 0 Å². The van der Waals surface area contributed by atoms with E-state index in [0.29, 0.717) is 6.04 Å². The summed E-state index contributed by atoms with van der Waals surface area (Å²) >= 11 is 0. The monoisotopic (exact) mass is 283 g/mol. The Kier molecular flexibility index (Phi) is 6.04. The molecule has 1 unspecified atom stereocenters. The van der Waals surface area contributed by atoms with Crippen molar-refractivity contribution in [2.75, 3.05) is 18.1 Å². The molecule has 1 fully saturated rings. The van der Waals surface area contributed by atoms with Gasteiger partial charge in [0, 0.05) is 41.6 Å². The first kappa shape index (κ1) is 14.7. The minimum atomic E-state index is -0.672. The summed E-state index contributed by atoms with van der Waals surface area (Å²) in [5.41, 5.74) is 1.09. The molecule has 1 aromatic heterocycles. The van der Waals surface area contributed by atoms with E-state index in [2.05, 4.69) is 27.4 Å². The lowest BCUT2D eigenvalue weighted by atomic mass is 9.96. The van der Waals surface area contributed by atoms with Crippen LogP contribution < -0.4 is 5.32 Å². The molecule has 2 rings (SSSR count). The Morgan fingerprint density at radius 3 is 2.95 bits per heavy atom. The highest BCUT2D eigenvalue weighted by Gasteiger charge is 2.15. The molecule has 1 aliphatic rings. The molecule has 5 heteroatoms. The average Bonchev–Trinajstić information content (AvgIpc) is 2.93. The van der Waals surface area contributed by atoms with Crippen molar-refractivity contribution in [3.8, 4) is 0 Å². The van der Waals surface area contributed by atoms with Crippen LogP contribution in [-0.2, 0) is 17.3 Å². The van der Waals surface area contributed by atoms with Crippen molar-refractivity contribution >= 4 is 10.8 Å². The number of nitrogens with one attached hydrogen (secondary N) is 1. The van der Waals surface area contributed by atoms with E-state index in [4.69, 9.17) is 0 Å². The van der Waals surface area contributed by atoms with Crippen molar-refractivity contribution in [2.45, 2.75) is 51.6 Å². The van der Waals surface area contributed by atoms with Crippen molar-refractivity contribution < 1.29 is 4.21 Å². The first-order chi connectivity index (χ1) is 9.29. The minimum absolute atomic E-state index is 0.607. The van der Waals surface area contributed by atoms with E-state index in [-0.39, 0.29) is 0 Å². The summed E-state index contributed by atoms with van der Waals surface area (Å²) in [5.74, 6) is 1.48. The van der Waals surface area contributed by atoms with Gasteiger partial charge in [-0.05, 0) is 18.9 Å². The molecular weight excluding hydrogens is 258 g/mol. The van der Waals surface area contributed by atoms with Crippen LogP contribution >= 0.6 is 0 Å². The molecule has 1 aromatic rings. The largest absolute Gasteiger partial charge is 0.310 e. The third-order valence-electron chi connectivity index (χ3n) is 3.75. The van der Waals surface area contributed by atoms with Gasteiger partial charge in [0.2, 0.25) is 0 Å². The molecule has 1 N–H and O–H groups in total. The van der Waals surface area contributed by atoms with Crippen molar-refractivity contribution in [3.63, 3.8) is 0 Å². The first-order valence-electron chi connectivity index (χ1n) is 7.39. The second-order valence-electron chi connectivity index (χ2n) is 5.19. The topological polar surface area (TPSA) is 46.9 Å². The SMILES string of the molecule is CCS(=O)CCNCc1ccn(C2CCCCC2)n1. The molecule has 0 saturated heterocycles. The third kappa shape index (κ3) is 4.73. The van der Waals surface area contributed by atoms with Gasteiger partial charge in [-0.3, -0.25) is 8.89 Å². The summed E-state index contributed by atoms with van der Waals surface area (Å²) < 4.78 is 13.4. The van der Waals surface area contributed by atoms with Gasteiger partial charge in [-0.15, -0.1) is 0 Å². The molecule has 0 aromatic carbocycles. The van der Waals surface area contributed by atoms with Gasteiger partial charge >= 0.3 is 0 Å². The number of aromatic nitrogens is 2. The van der Waals surface area contributed by atoms with E-state index in [9.17, 15) is 4.21 Å². The van der Waals surface area contributed by atoms with Gasteiger partial charge in [0.15, 0.2) is 0 Å². The maximum Gasteiger partial charge on any atom is 0.0762 e. The van der Waals surface area contributed by atoms with Gasteiger partial charge < -0.3 is 5.32 Å². The second kappa shape index (κ2) is 7.80. The maximum absolute atomic E-state index is 11.3. The molecule has 1 aliphatic carbocycles. The standard InChI is InChI=1S/C14H25N3OS/c1-2-19(18)11-9-15-12-13-8-10-17(16-13)14-6-4-3-5-7-14/h8,10,14-15H,2-7,9,11-12H2,1H3. The highest BCUT2D eigenvalue weighted by atomic mass is 32.2. The van der Waals surface area contributed by atoms with Crippen LogP contribution in [0.2, 0.25) is 0 Å². The maximum atomic E-state index is 11.3. The fourth-order valence-corrected chi connectivity index (χ4v) is 3.23. The molecule has 1 saturated carbocycles. The predicted molar refractivity (Wildman–Crippen MR) is 79.6 cm³/mol. The average molecular weight is 283 g/mol. The molecule has 0 radical (unpaired) electrons. The highest BCUT2D eigenvalue weighted by Crippen LogP contribution is 2.27. The lowest BCUT2D eigenvalue weighted by Gasteiger charge is -2.21. The number of rotatable bonds is 7. The van der Waals surface area contributed by atoms with Crippen LogP contribution in [0.25, 0.3) is 0 Å². The quantitative estimate of drug-likeness (QED) is 0.781. The van der Waals surface area contributed by atoms with Crippen LogP contribution in [0.3, 0.4) is 0 Å². The molecule has 4 nitrogen and oxygen atoms in total. The summed E-state index contributed by atoms with van der Waals surface area (Å²) in [4.78, 5) is 0. The molecular formula is C14H25N3OS. The Morgan fingerprint density at radius 2 is 2.21 bits per heavy atom. The molecule has 1 atom stereocenters. The molecule has 0 amide bonds. The van der Waals surface area contributed by atoms with E-state index in [1.165, 1.54) is 32.1 Å². The summed E-state index contributed by atoms with van der Waals surface area (Å²) in [6, 6.07) is 2.70. The van der Waals surface area contributed by atoms with Crippen molar-refractivity contribution in [1.29, 1.82) is 0 Å². The van der Waals surface area contributed by atoms with Gasteiger partial charge in [0.05, 0.1) is 11.7 Å². The summed E-state index contributed by atoms with van der Waals surface area (Å²) in [6.07, 6.45) is 8.69. The van der Waals surface area contributed by atoms with Gasteiger partial charge in [-0.1, -0.05) is 26.2 Å². The van der Waals surface area contributed by atoms with E-state index >= 15 is 0 Å². The fraction of sp³-hybridized carbons (Fsp3) is 0.786. The molecule has 108 valence electrons. The Hall–Kier alpha value is -0.680. The minimum Gasteiger partial charge on any atom is -0.310 e. The first-order valence-corrected chi connectivity index (χ1v) is 8.88. The lowest BCUT2D eigenvalue weighted by Crippen LogP contribution is -2.21. The van der Waals surface area contributed by atoms with Crippen LogP contribution in [0.5, 0.6) is 0 Å². The Labute approximate surface area is 118 Å². The van der Waals surface area contributed by atoms with Crippen molar-refractivity contribution in [3.05, 3.63) is 18.0 Å². The number of hydrogen-bond donors (Lipinski definition) is 1. The van der Waals surface area contributed by atoms with Crippen LogP contribution in [-0.4, -0.2) is 32.0 Å². The summed E-state index contributed by atoms with van der Waals surface area (Å²) in [6.45, 7) is 3.54. The number of nitrogens with zero attached hydrogens (tertiary/aromatic N) is 2. The zero-order chi connectivity index (χ0) is 13.5. The highest BCUT2D eigenvalue weighted by molar-refractivity contribution is 7.84. The molecule has 0 spiro atoms. The zero-order valence-electron chi connectivity index (χ0n) is 11.8. The van der Waals surface area contributed by atoms with E-state index in [0.717, 1.165) is 30.3 Å². The molecule has 19 heavy (non-hydrogen) atoms. The lowest BCUT2D eigenvalue weighted by molar-refractivity contribution is 0.328. The van der Waals surface area contributed by atoms with Crippen molar-refractivity contribution in [1.82, 2.24) is 15.1 Å². The van der Waals surface area contributed by atoms with E-state index < -0.39 is 10.8 Å². The summed E-state index contributed by atoms with van der Waals surface area (Å²) in [5, 5.41) is 7.96. The molecule has 0 bridgehead atoms. The van der Waals surface area contributed by atoms with Gasteiger partial charge in [0.1, 0.15) is 0 Å². The van der Waals surface area contributed by atoms with Crippen LogP contribution in [0.4, 0.5) is 0 Å². The normalized spacial score (nSPS) is 18.6. The van der Waals surface area contributed by atoms with Gasteiger partial charge in [-0.25, -0.2) is 0 Å². The molecule has 0 aliphatic heterocycles.